The van der Waals surface area contributed by atoms with E-state index in [0.29, 0.717) is 11.8 Å². The Morgan fingerprint density at radius 1 is 1.44 bits per heavy atom. The van der Waals surface area contributed by atoms with Crippen LogP contribution in [0.3, 0.4) is 0 Å². The molecule has 0 saturated carbocycles. The first-order valence-electron chi connectivity index (χ1n) is 7.02. The third kappa shape index (κ3) is 2.85. The quantitative estimate of drug-likeness (QED) is 0.485. The van der Waals surface area contributed by atoms with E-state index in [1.54, 1.807) is 5.20 Å². The van der Waals surface area contributed by atoms with Gasteiger partial charge in [0.1, 0.15) is 0 Å². The minimum atomic E-state index is -1.23. The summed E-state index contributed by atoms with van der Waals surface area (Å²) in [5.74, 6) is 1.12. The van der Waals surface area contributed by atoms with Gasteiger partial charge < -0.3 is 0 Å². The molecule has 102 valence electrons. The van der Waals surface area contributed by atoms with E-state index < -0.39 is 8.07 Å². The topological polar surface area (TPSA) is 12.4 Å². The van der Waals surface area contributed by atoms with Crippen LogP contribution in [0, 0.1) is 17.3 Å². The predicted molar refractivity (Wildman–Crippen MR) is 85.8 cm³/mol. The smallest absolute Gasteiger partial charge is 0.0753 e. The van der Waals surface area contributed by atoms with Crippen LogP contribution in [-0.4, -0.2) is 13.8 Å². The van der Waals surface area contributed by atoms with Crippen LogP contribution >= 0.6 is 0 Å². The van der Waals surface area contributed by atoms with E-state index >= 15 is 0 Å². The van der Waals surface area contributed by atoms with Crippen LogP contribution in [0.1, 0.15) is 34.1 Å². The highest BCUT2D eigenvalue weighted by molar-refractivity contribution is 6.83. The molecule has 0 bridgehead atoms. The molecule has 1 rings (SSSR count). The number of hydrogen-bond donors (Lipinski definition) is 0. The van der Waals surface area contributed by atoms with Crippen molar-refractivity contribution in [3.05, 3.63) is 24.1 Å². The Kier molecular flexibility index (Phi) is 4.42. The second-order valence-electron chi connectivity index (χ2n) is 7.22. The van der Waals surface area contributed by atoms with Gasteiger partial charge >= 0.3 is 0 Å². The zero-order valence-electron chi connectivity index (χ0n) is 13.2. The predicted octanol–water partition coefficient (Wildman–Crippen LogP) is 5.08. The van der Waals surface area contributed by atoms with E-state index in [0.717, 1.165) is 6.42 Å². The minimum Gasteiger partial charge on any atom is -0.265 e. The molecule has 1 aliphatic rings. The molecule has 0 aromatic carbocycles. The lowest BCUT2D eigenvalue weighted by molar-refractivity contribution is 0.331. The molecule has 18 heavy (non-hydrogen) atoms. The lowest BCUT2D eigenvalue weighted by Gasteiger charge is -2.36. The van der Waals surface area contributed by atoms with Gasteiger partial charge in [-0.2, -0.15) is 0 Å². The molecule has 0 aromatic heterocycles. The molecule has 0 fully saturated rings. The maximum atomic E-state index is 4.79. The van der Waals surface area contributed by atoms with Crippen LogP contribution in [0.25, 0.3) is 0 Å². The summed E-state index contributed by atoms with van der Waals surface area (Å²) in [5, 5.41) is 1.59. The number of hydrogen-bond acceptors (Lipinski definition) is 1. The van der Waals surface area contributed by atoms with E-state index in [1.165, 1.54) is 5.71 Å². The molecule has 0 amide bonds. The molecule has 2 unspecified atom stereocenters. The average Bonchev–Trinajstić information content (AvgIpc) is 2.60. The van der Waals surface area contributed by atoms with E-state index in [9.17, 15) is 0 Å². The van der Waals surface area contributed by atoms with Gasteiger partial charge in [-0.25, -0.2) is 0 Å². The van der Waals surface area contributed by atoms with Crippen molar-refractivity contribution in [2.75, 3.05) is 0 Å². The minimum absolute atomic E-state index is 0.158. The van der Waals surface area contributed by atoms with Crippen LogP contribution in [0.5, 0.6) is 0 Å². The lowest BCUT2D eigenvalue weighted by Crippen LogP contribution is -2.38. The van der Waals surface area contributed by atoms with Gasteiger partial charge in [0.25, 0.3) is 0 Å². The van der Waals surface area contributed by atoms with Gasteiger partial charge in [0.05, 0.1) is 8.07 Å². The highest BCUT2D eigenvalue weighted by Crippen LogP contribution is 2.40. The monoisotopic (exact) mass is 263 g/mol. The van der Waals surface area contributed by atoms with Crippen molar-refractivity contribution in [2.24, 2.45) is 22.2 Å². The molecule has 0 spiro atoms. The SMILES string of the molecule is C=CCC(C)C(C)(C)C1=NC=C([Si](C)(C)C)C1C. The number of aliphatic imine (C=N–C) groups is 1. The second-order valence-corrected chi connectivity index (χ2v) is 12.3. The van der Waals surface area contributed by atoms with Crippen molar-refractivity contribution < 1.29 is 0 Å². The largest absolute Gasteiger partial charge is 0.265 e. The first kappa shape index (κ1) is 15.4. The van der Waals surface area contributed by atoms with E-state index in [-0.39, 0.29) is 5.41 Å². The molecule has 1 aliphatic heterocycles. The van der Waals surface area contributed by atoms with Crippen LogP contribution in [-0.2, 0) is 0 Å². The van der Waals surface area contributed by atoms with Crippen molar-refractivity contribution in [2.45, 2.75) is 53.8 Å². The van der Waals surface area contributed by atoms with Crippen molar-refractivity contribution in [1.82, 2.24) is 0 Å². The normalized spacial score (nSPS) is 22.5. The summed E-state index contributed by atoms with van der Waals surface area (Å²) in [5.41, 5.74) is 1.53. The summed E-state index contributed by atoms with van der Waals surface area (Å²) >= 11 is 0. The molecule has 1 heterocycles. The Morgan fingerprint density at radius 3 is 2.39 bits per heavy atom. The summed E-state index contributed by atoms with van der Waals surface area (Å²) in [6.45, 7) is 20.4. The highest BCUT2D eigenvalue weighted by atomic mass is 28.3. The van der Waals surface area contributed by atoms with Gasteiger partial charge in [-0.1, -0.05) is 58.6 Å². The zero-order valence-corrected chi connectivity index (χ0v) is 14.2. The summed E-state index contributed by atoms with van der Waals surface area (Å²) < 4.78 is 0. The summed E-state index contributed by atoms with van der Waals surface area (Å²) in [7, 11) is -1.23. The van der Waals surface area contributed by atoms with Gasteiger partial charge in [-0.15, -0.1) is 6.58 Å². The molecule has 2 atom stereocenters. The number of rotatable bonds is 5. The molecular weight excluding hydrogens is 234 g/mol. The van der Waals surface area contributed by atoms with Gasteiger partial charge in [-0.05, 0) is 12.3 Å². The third-order valence-electron chi connectivity index (χ3n) is 4.50. The van der Waals surface area contributed by atoms with Crippen LogP contribution in [0.2, 0.25) is 19.6 Å². The Labute approximate surface area is 114 Å². The first-order chi connectivity index (χ1) is 8.12. The fraction of sp³-hybridized carbons (Fsp3) is 0.688. The third-order valence-corrected chi connectivity index (χ3v) is 6.79. The molecular formula is C16H29NSi. The zero-order chi connectivity index (χ0) is 14.1. The van der Waals surface area contributed by atoms with E-state index in [4.69, 9.17) is 4.99 Å². The molecule has 0 aliphatic carbocycles. The summed E-state index contributed by atoms with van der Waals surface area (Å²) in [6.07, 6.45) is 5.25. The van der Waals surface area contributed by atoms with Crippen LogP contribution < -0.4 is 0 Å². The Morgan fingerprint density at radius 2 is 2.00 bits per heavy atom. The number of nitrogens with zero attached hydrogens (tertiary/aromatic N) is 1. The summed E-state index contributed by atoms with van der Waals surface area (Å²) in [6, 6.07) is 0. The fourth-order valence-electron chi connectivity index (χ4n) is 2.87. The van der Waals surface area contributed by atoms with Gasteiger partial charge in [0.2, 0.25) is 0 Å². The standard InChI is InChI=1S/C16H29NSi/c1-9-10-12(2)16(4,5)15-13(3)14(11-17-15)18(6,7)8/h9,11-13H,1,10H2,2-8H3. The van der Waals surface area contributed by atoms with Crippen molar-refractivity contribution in [3.8, 4) is 0 Å². The molecule has 1 nitrogen and oxygen atoms in total. The Balaban J connectivity index is 2.93. The fourth-order valence-corrected chi connectivity index (χ4v) is 4.76. The Hall–Kier alpha value is -0.633. The highest BCUT2D eigenvalue weighted by Gasteiger charge is 2.39. The average molecular weight is 264 g/mol. The number of allylic oxidation sites excluding steroid dienone is 2. The first-order valence-corrected chi connectivity index (χ1v) is 10.5. The second kappa shape index (κ2) is 5.16. The van der Waals surface area contributed by atoms with Crippen LogP contribution in [0.4, 0.5) is 0 Å². The maximum absolute atomic E-state index is 4.79. The molecule has 0 saturated heterocycles. The van der Waals surface area contributed by atoms with E-state index in [1.807, 2.05) is 6.08 Å². The van der Waals surface area contributed by atoms with Gasteiger partial charge in [0.15, 0.2) is 0 Å². The molecule has 0 aromatic rings. The van der Waals surface area contributed by atoms with Gasteiger partial charge in [0, 0.05) is 23.2 Å². The van der Waals surface area contributed by atoms with Crippen molar-refractivity contribution >= 4 is 13.8 Å². The molecule has 0 N–H and O–H groups in total. The lowest BCUT2D eigenvalue weighted by atomic mass is 9.71. The maximum Gasteiger partial charge on any atom is 0.0753 e. The van der Waals surface area contributed by atoms with Crippen LogP contribution in [0.15, 0.2) is 29.0 Å². The summed E-state index contributed by atoms with van der Waals surface area (Å²) in [4.78, 5) is 4.79. The van der Waals surface area contributed by atoms with Gasteiger partial charge in [-0.3, -0.25) is 4.99 Å². The molecule has 2 heteroatoms. The molecule has 0 radical (unpaired) electrons. The van der Waals surface area contributed by atoms with E-state index in [2.05, 4.69) is 60.1 Å². The van der Waals surface area contributed by atoms with Crippen molar-refractivity contribution in [1.29, 1.82) is 0 Å². The Bertz CT molecular complexity index is 382. The van der Waals surface area contributed by atoms with Crippen molar-refractivity contribution in [3.63, 3.8) is 0 Å².